The Morgan fingerprint density at radius 2 is 1.04 bits per heavy atom. The summed E-state index contributed by atoms with van der Waals surface area (Å²) in [6.07, 6.45) is 3.43. The van der Waals surface area contributed by atoms with Gasteiger partial charge in [0.1, 0.15) is 0 Å². The molecule has 0 N–H and O–H groups in total. The van der Waals surface area contributed by atoms with E-state index in [1.807, 2.05) is 48.5 Å². The van der Waals surface area contributed by atoms with Gasteiger partial charge in [-0.05, 0) is 22.3 Å². The number of hydrogen-bond acceptors (Lipinski definition) is 3. The van der Waals surface area contributed by atoms with E-state index in [4.69, 9.17) is 0 Å². The van der Waals surface area contributed by atoms with E-state index in [0.717, 1.165) is 36.0 Å². The molecule has 3 aromatic rings. The molecule has 0 aliphatic carbocycles. The zero-order chi connectivity index (χ0) is 20.3. The maximum atomic E-state index is 12.9. The van der Waals surface area contributed by atoms with Crippen LogP contribution in [0.15, 0.2) is 76.1 Å². The van der Waals surface area contributed by atoms with Crippen LogP contribution in [0.4, 0.5) is 0 Å². The molecule has 0 atom stereocenters. The zero-order valence-electron chi connectivity index (χ0n) is 15.7. The maximum absolute atomic E-state index is 12.9. The summed E-state index contributed by atoms with van der Waals surface area (Å²) in [5.74, 6) is 0. The Bertz CT molecular complexity index is 1100. The first-order valence-electron chi connectivity index (χ1n) is 8.78. The van der Waals surface area contributed by atoms with Crippen molar-refractivity contribution in [3.63, 3.8) is 0 Å². The van der Waals surface area contributed by atoms with Crippen molar-refractivity contribution in [2.45, 2.75) is 13.1 Å². The summed E-state index contributed by atoms with van der Waals surface area (Å²) >= 11 is 0. The van der Waals surface area contributed by atoms with Gasteiger partial charge in [-0.15, -0.1) is 0 Å². The van der Waals surface area contributed by atoms with Gasteiger partial charge in [0.25, 0.3) is 0 Å². The van der Waals surface area contributed by atoms with Crippen LogP contribution < -0.4 is 17.1 Å². The Balaban J connectivity index is 2.04. The van der Waals surface area contributed by atoms with Gasteiger partial charge in [0.2, 0.25) is 0 Å². The summed E-state index contributed by atoms with van der Waals surface area (Å²) in [6, 6.07) is 14.7. The summed E-state index contributed by atoms with van der Waals surface area (Å²) in [6.45, 7) is 7.57. The van der Waals surface area contributed by atoms with Crippen molar-refractivity contribution in [1.82, 2.24) is 13.7 Å². The molecule has 2 aromatic carbocycles. The maximum Gasteiger partial charge on any atom is 0.336 e. The molecule has 3 rings (SSSR count). The number of aromatic nitrogens is 3. The van der Waals surface area contributed by atoms with Crippen LogP contribution in [0.5, 0.6) is 0 Å². The number of benzene rings is 2. The monoisotopic (exact) mass is 375 g/mol. The third-order valence-electron chi connectivity index (χ3n) is 4.61. The molecule has 0 fully saturated rings. The Kier molecular flexibility index (Phi) is 5.40. The van der Waals surface area contributed by atoms with Gasteiger partial charge in [-0.25, -0.2) is 28.1 Å². The van der Waals surface area contributed by atoms with Crippen molar-refractivity contribution in [1.29, 1.82) is 0 Å². The zero-order valence-corrected chi connectivity index (χ0v) is 15.7. The third-order valence-corrected chi connectivity index (χ3v) is 4.61. The normalized spacial score (nSPS) is 10.6. The number of nitrogens with zero attached hydrogens (tertiary/aromatic N) is 3. The number of hydrogen-bond donors (Lipinski definition) is 0. The van der Waals surface area contributed by atoms with Gasteiger partial charge in [0, 0.05) is 7.05 Å². The molecule has 0 radical (unpaired) electrons. The van der Waals surface area contributed by atoms with Crippen molar-refractivity contribution in [2.24, 2.45) is 7.05 Å². The Morgan fingerprint density at radius 3 is 1.36 bits per heavy atom. The molecule has 6 heteroatoms. The highest BCUT2D eigenvalue weighted by Gasteiger charge is 2.14. The van der Waals surface area contributed by atoms with E-state index in [9.17, 15) is 14.4 Å². The van der Waals surface area contributed by atoms with Gasteiger partial charge in [0.15, 0.2) is 0 Å². The second-order valence-corrected chi connectivity index (χ2v) is 6.47. The fourth-order valence-corrected chi connectivity index (χ4v) is 2.91. The molecule has 142 valence electrons. The largest absolute Gasteiger partial charge is 0.336 e. The molecule has 0 aliphatic rings. The van der Waals surface area contributed by atoms with Crippen molar-refractivity contribution in [3.8, 4) is 0 Å². The molecule has 1 heterocycles. The molecule has 0 aliphatic heterocycles. The first-order chi connectivity index (χ1) is 13.4. The SMILES string of the molecule is C=Cc1ccc(Cn2c(=O)n(C)c(=O)n(Cc3ccc(C=C)cc3)c2=O)cc1. The van der Waals surface area contributed by atoms with E-state index in [0.29, 0.717) is 0 Å². The molecule has 0 saturated carbocycles. The molecule has 0 spiro atoms. The van der Waals surface area contributed by atoms with Crippen LogP contribution in [-0.2, 0) is 20.1 Å². The summed E-state index contributed by atoms with van der Waals surface area (Å²) in [4.78, 5) is 37.9. The summed E-state index contributed by atoms with van der Waals surface area (Å²) in [5, 5.41) is 0. The van der Waals surface area contributed by atoms with Crippen LogP contribution in [-0.4, -0.2) is 13.7 Å². The highest BCUT2D eigenvalue weighted by Crippen LogP contribution is 2.07. The van der Waals surface area contributed by atoms with Crippen LogP contribution >= 0.6 is 0 Å². The van der Waals surface area contributed by atoms with E-state index in [1.165, 1.54) is 7.05 Å². The lowest BCUT2D eigenvalue weighted by Gasteiger charge is -2.12. The van der Waals surface area contributed by atoms with Crippen LogP contribution in [0.1, 0.15) is 22.3 Å². The molecule has 0 unspecified atom stereocenters. The second kappa shape index (κ2) is 7.92. The van der Waals surface area contributed by atoms with Gasteiger partial charge in [0.05, 0.1) is 13.1 Å². The van der Waals surface area contributed by atoms with Gasteiger partial charge < -0.3 is 0 Å². The Hall–Kier alpha value is -3.67. The van der Waals surface area contributed by atoms with Gasteiger partial charge >= 0.3 is 17.1 Å². The van der Waals surface area contributed by atoms with Crippen LogP contribution in [0.25, 0.3) is 12.2 Å². The lowest BCUT2D eigenvalue weighted by Crippen LogP contribution is -2.53. The summed E-state index contributed by atoms with van der Waals surface area (Å²) in [5.41, 5.74) is 1.54. The molecule has 28 heavy (non-hydrogen) atoms. The molecular weight excluding hydrogens is 354 g/mol. The van der Waals surface area contributed by atoms with E-state index in [1.54, 1.807) is 12.2 Å². The van der Waals surface area contributed by atoms with Crippen LogP contribution in [0, 0.1) is 0 Å². The Morgan fingerprint density at radius 1 is 0.679 bits per heavy atom. The average Bonchev–Trinajstić information content (AvgIpc) is 2.73. The minimum Gasteiger partial charge on any atom is -0.248 e. The highest BCUT2D eigenvalue weighted by molar-refractivity contribution is 5.47. The second-order valence-electron chi connectivity index (χ2n) is 6.47. The molecule has 0 bridgehead atoms. The first-order valence-corrected chi connectivity index (χ1v) is 8.78. The first kappa shape index (κ1) is 19.1. The minimum absolute atomic E-state index is 0.0820. The van der Waals surface area contributed by atoms with Gasteiger partial charge in [-0.1, -0.05) is 73.8 Å². The molecule has 0 amide bonds. The smallest absolute Gasteiger partial charge is 0.248 e. The quantitative estimate of drug-likeness (QED) is 0.663. The van der Waals surface area contributed by atoms with E-state index in [-0.39, 0.29) is 13.1 Å². The third kappa shape index (κ3) is 3.71. The fourth-order valence-electron chi connectivity index (χ4n) is 2.91. The average molecular weight is 375 g/mol. The molecule has 0 saturated heterocycles. The van der Waals surface area contributed by atoms with Crippen molar-refractivity contribution >= 4 is 12.2 Å². The lowest BCUT2D eigenvalue weighted by atomic mass is 10.1. The Labute approximate surface area is 161 Å². The fraction of sp³-hybridized carbons (Fsp3) is 0.136. The van der Waals surface area contributed by atoms with E-state index < -0.39 is 17.1 Å². The molecule has 1 aromatic heterocycles. The molecule has 6 nitrogen and oxygen atoms in total. The predicted octanol–water partition coefficient (Wildman–Crippen LogP) is 2.09. The standard InChI is InChI=1S/C22H21N3O3/c1-4-16-6-10-18(11-7-16)14-24-20(26)23(3)21(27)25(22(24)28)15-19-12-8-17(5-2)9-13-19/h4-13H,1-2,14-15H2,3H3. The van der Waals surface area contributed by atoms with Crippen molar-refractivity contribution in [2.75, 3.05) is 0 Å². The van der Waals surface area contributed by atoms with Gasteiger partial charge in [-0.3, -0.25) is 0 Å². The lowest BCUT2D eigenvalue weighted by molar-refractivity contribution is 0.509. The van der Waals surface area contributed by atoms with E-state index in [2.05, 4.69) is 13.2 Å². The van der Waals surface area contributed by atoms with Crippen LogP contribution in [0.2, 0.25) is 0 Å². The number of rotatable bonds is 6. The predicted molar refractivity (Wildman–Crippen MR) is 111 cm³/mol. The van der Waals surface area contributed by atoms with Crippen molar-refractivity contribution in [3.05, 3.63) is 115 Å². The van der Waals surface area contributed by atoms with E-state index >= 15 is 0 Å². The minimum atomic E-state index is -0.638. The van der Waals surface area contributed by atoms with Crippen LogP contribution in [0.3, 0.4) is 0 Å². The van der Waals surface area contributed by atoms with Gasteiger partial charge in [-0.2, -0.15) is 0 Å². The molecular formula is C22H21N3O3. The summed E-state index contributed by atoms with van der Waals surface area (Å²) < 4.78 is 3.10. The van der Waals surface area contributed by atoms with Crippen molar-refractivity contribution < 1.29 is 0 Å². The summed E-state index contributed by atoms with van der Waals surface area (Å²) in [7, 11) is 1.37. The topological polar surface area (TPSA) is 66.0 Å². The highest BCUT2D eigenvalue weighted by atomic mass is 16.2.